The Hall–Kier alpha value is -3.48. The summed E-state index contributed by atoms with van der Waals surface area (Å²) < 4.78 is 5.58. The molecule has 34 heavy (non-hydrogen) atoms. The van der Waals surface area contributed by atoms with Crippen LogP contribution in [0.15, 0.2) is 54.9 Å². The second-order valence-electron chi connectivity index (χ2n) is 9.76. The zero-order valence-corrected chi connectivity index (χ0v) is 20.1. The fourth-order valence-corrected chi connectivity index (χ4v) is 3.81. The monoisotopic (exact) mass is 460 g/mol. The van der Waals surface area contributed by atoms with E-state index >= 15 is 0 Å². The smallest absolute Gasteiger partial charge is 0.410 e. The van der Waals surface area contributed by atoms with Crippen LogP contribution in [-0.2, 0) is 11.3 Å². The van der Waals surface area contributed by atoms with E-state index in [4.69, 9.17) is 9.72 Å². The molecule has 2 amide bonds. The van der Waals surface area contributed by atoms with Crippen LogP contribution in [0.3, 0.4) is 0 Å². The van der Waals surface area contributed by atoms with E-state index in [0.29, 0.717) is 37.5 Å². The van der Waals surface area contributed by atoms with E-state index in [-0.39, 0.29) is 12.0 Å². The molecule has 1 fully saturated rings. The number of para-hydroxylation sites is 1. The highest BCUT2D eigenvalue weighted by molar-refractivity contribution is 6.06. The summed E-state index contributed by atoms with van der Waals surface area (Å²) in [4.78, 5) is 36.3. The van der Waals surface area contributed by atoms with Gasteiger partial charge in [-0.05, 0) is 63.8 Å². The van der Waals surface area contributed by atoms with Crippen LogP contribution in [0.25, 0.3) is 10.9 Å². The van der Waals surface area contributed by atoms with Crippen molar-refractivity contribution in [2.75, 3.05) is 13.1 Å². The van der Waals surface area contributed by atoms with E-state index in [1.807, 2.05) is 63.2 Å². The molecule has 0 atom stereocenters. The van der Waals surface area contributed by atoms with Crippen LogP contribution in [0.5, 0.6) is 0 Å². The van der Waals surface area contributed by atoms with Gasteiger partial charge in [0.1, 0.15) is 5.60 Å². The number of rotatable bonds is 8. The minimum absolute atomic E-state index is 0.114. The number of aromatic nitrogens is 2. The summed E-state index contributed by atoms with van der Waals surface area (Å²) in [6, 6.07) is 13.5. The second kappa shape index (κ2) is 10.2. The number of carbonyl (C=O) groups is 2. The van der Waals surface area contributed by atoms with Crippen molar-refractivity contribution in [1.29, 1.82) is 0 Å². The lowest BCUT2D eigenvalue weighted by molar-refractivity contribution is 0.0232. The predicted molar refractivity (Wildman–Crippen MR) is 132 cm³/mol. The third kappa shape index (κ3) is 6.31. The largest absolute Gasteiger partial charge is 0.444 e. The maximum absolute atomic E-state index is 13.1. The van der Waals surface area contributed by atoms with Gasteiger partial charge in [0.15, 0.2) is 0 Å². The Labute approximate surface area is 200 Å². The Bertz CT molecular complexity index is 1150. The fraction of sp³-hybridized carbons (Fsp3) is 0.407. The summed E-state index contributed by atoms with van der Waals surface area (Å²) in [7, 11) is 0. The first-order valence-corrected chi connectivity index (χ1v) is 11.8. The number of hydrogen-bond donors (Lipinski definition) is 1. The normalized spacial score (nSPS) is 13.5. The van der Waals surface area contributed by atoms with Crippen LogP contribution in [0, 0.1) is 0 Å². The van der Waals surface area contributed by atoms with Gasteiger partial charge < -0.3 is 15.0 Å². The fourth-order valence-electron chi connectivity index (χ4n) is 3.81. The van der Waals surface area contributed by atoms with E-state index in [9.17, 15) is 9.59 Å². The van der Waals surface area contributed by atoms with Crippen molar-refractivity contribution in [2.24, 2.45) is 0 Å². The molecule has 1 N–H and O–H groups in total. The number of nitrogens with one attached hydrogen (secondary N) is 1. The van der Waals surface area contributed by atoms with Gasteiger partial charge in [0.05, 0.1) is 17.6 Å². The van der Waals surface area contributed by atoms with Crippen molar-refractivity contribution in [1.82, 2.24) is 20.2 Å². The Morgan fingerprint density at radius 3 is 2.65 bits per heavy atom. The van der Waals surface area contributed by atoms with Gasteiger partial charge in [-0.2, -0.15) is 0 Å². The minimum atomic E-state index is -0.583. The third-order valence-electron chi connectivity index (χ3n) is 5.61. The maximum Gasteiger partial charge on any atom is 0.410 e. The molecule has 0 radical (unpaired) electrons. The van der Waals surface area contributed by atoms with E-state index in [1.165, 1.54) is 0 Å². The van der Waals surface area contributed by atoms with Gasteiger partial charge in [-0.3, -0.25) is 14.8 Å². The van der Waals surface area contributed by atoms with E-state index in [1.54, 1.807) is 17.3 Å². The maximum atomic E-state index is 13.1. The predicted octanol–water partition coefficient (Wildman–Crippen LogP) is 5.06. The highest BCUT2D eigenvalue weighted by atomic mass is 16.6. The van der Waals surface area contributed by atoms with E-state index < -0.39 is 5.60 Å². The van der Waals surface area contributed by atoms with Crippen molar-refractivity contribution in [3.8, 4) is 0 Å². The second-order valence-corrected chi connectivity index (χ2v) is 9.76. The van der Waals surface area contributed by atoms with Crippen molar-refractivity contribution in [3.05, 3.63) is 71.7 Å². The zero-order valence-electron chi connectivity index (χ0n) is 20.1. The molecule has 7 nitrogen and oxygen atoms in total. The van der Waals surface area contributed by atoms with Crippen LogP contribution in [0.1, 0.15) is 67.6 Å². The Balaban J connectivity index is 1.39. The lowest BCUT2D eigenvalue weighted by atomic mass is 10.1. The average molecular weight is 461 g/mol. The molecule has 178 valence electrons. The average Bonchev–Trinajstić information content (AvgIpc) is 3.65. The van der Waals surface area contributed by atoms with Crippen LogP contribution in [0.2, 0.25) is 0 Å². The van der Waals surface area contributed by atoms with Gasteiger partial charge in [0.2, 0.25) is 0 Å². The molecule has 0 aliphatic heterocycles. The molecular formula is C27H32N4O3. The molecular weight excluding hydrogens is 428 g/mol. The molecule has 0 unspecified atom stereocenters. The Morgan fingerprint density at radius 2 is 1.94 bits per heavy atom. The minimum Gasteiger partial charge on any atom is -0.444 e. The summed E-state index contributed by atoms with van der Waals surface area (Å²) in [6.45, 7) is 6.85. The lowest BCUT2D eigenvalue weighted by Gasteiger charge is -2.27. The van der Waals surface area contributed by atoms with Crippen LogP contribution in [0.4, 0.5) is 4.79 Å². The molecule has 0 bridgehead atoms. The van der Waals surface area contributed by atoms with Crippen LogP contribution < -0.4 is 5.32 Å². The molecule has 2 heterocycles. The number of nitrogens with zero attached hydrogens (tertiary/aromatic N) is 3. The summed E-state index contributed by atoms with van der Waals surface area (Å²) in [6.07, 6.45) is 5.92. The van der Waals surface area contributed by atoms with Crippen molar-refractivity contribution < 1.29 is 14.3 Å². The third-order valence-corrected chi connectivity index (χ3v) is 5.61. The highest BCUT2D eigenvalue weighted by Crippen LogP contribution is 2.40. The first kappa shape index (κ1) is 23.7. The molecule has 1 aliphatic carbocycles. The quantitative estimate of drug-likeness (QED) is 0.475. The number of hydrogen-bond acceptors (Lipinski definition) is 5. The molecule has 7 heteroatoms. The molecule has 2 aromatic heterocycles. The number of pyridine rings is 2. The van der Waals surface area contributed by atoms with Gasteiger partial charge in [-0.25, -0.2) is 4.79 Å². The zero-order chi connectivity index (χ0) is 24.1. The number of fused-ring (bicyclic) bond motifs is 1. The van der Waals surface area contributed by atoms with Gasteiger partial charge in [0.25, 0.3) is 5.91 Å². The summed E-state index contributed by atoms with van der Waals surface area (Å²) in [5.74, 6) is 0.350. The Morgan fingerprint density at radius 1 is 1.15 bits per heavy atom. The van der Waals surface area contributed by atoms with Crippen molar-refractivity contribution in [3.63, 3.8) is 0 Å². The van der Waals surface area contributed by atoms with E-state index in [2.05, 4.69) is 10.3 Å². The van der Waals surface area contributed by atoms with Gasteiger partial charge in [-0.1, -0.05) is 24.3 Å². The summed E-state index contributed by atoms with van der Waals surface area (Å²) in [5, 5.41) is 3.88. The van der Waals surface area contributed by atoms with Gasteiger partial charge in [-0.15, -0.1) is 0 Å². The molecule has 1 saturated carbocycles. The lowest BCUT2D eigenvalue weighted by Crippen LogP contribution is -2.38. The number of ether oxygens (including phenoxy) is 1. The van der Waals surface area contributed by atoms with Gasteiger partial charge in [0, 0.05) is 42.5 Å². The number of carbonyl (C=O) groups excluding carboxylic acids is 2. The van der Waals surface area contributed by atoms with Crippen molar-refractivity contribution >= 4 is 22.9 Å². The molecule has 4 rings (SSSR count). The SMILES string of the molecule is CC(C)(C)OC(=O)N(CCCNC(=O)c1cc(C2CC2)nc2ccccc12)Cc1cccnc1. The molecule has 0 spiro atoms. The van der Waals surface area contributed by atoms with Crippen molar-refractivity contribution in [2.45, 2.75) is 58.1 Å². The first-order chi connectivity index (χ1) is 16.3. The number of benzene rings is 1. The highest BCUT2D eigenvalue weighted by Gasteiger charge is 2.27. The number of amides is 2. The molecule has 0 saturated heterocycles. The Kier molecular flexibility index (Phi) is 7.10. The topological polar surface area (TPSA) is 84.4 Å². The standard InChI is InChI=1S/C27H32N4O3/c1-27(2,3)34-26(33)31(18-19-8-6-13-28-17-19)15-7-14-29-25(32)22-16-24(20-11-12-20)30-23-10-5-4-9-21(22)23/h4-6,8-10,13,16-17,20H,7,11-12,14-15,18H2,1-3H3,(H,29,32). The first-order valence-electron chi connectivity index (χ1n) is 11.8. The summed E-state index contributed by atoms with van der Waals surface area (Å²) in [5.41, 5.74) is 2.85. The van der Waals surface area contributed by atoms with Gasteiger partial charge >= 0.3 is 6.09 Å². The van der Waals surface area contributed by atoms with Crippen LogP contribution >= 0.6 is 0 Å². The molecule has 3 aromatic rings. The molecule has 1 aliphatic rings. The van der Waals surface area contributed by atoms with Crippen LogP contribution in [-0.4, -0.2) is 45.6 Å². The molecule has 1 aromatic carbocycles. The summed E-state index contributed by atoms with van der Waals surface area (Å²) >= 11 is 0. The van der Waals surface area contributed by atoms with E-state index in [0.717, 1.165) is 35.0 Å².